The maximum atomic E-state index is 12.3. The van der Waals surface area contributed by atoms with E-state index in [4.69, 9.17) is 4.74 Å². The van der Waals surface area contributed by atoms with Gasteiger partial charge in [-0.1, -0.05) is 29.5 Å². The van der Waals surface area contributed by atoms with Crippen LogP contribution >= 0.6 is 11.3 Å². The van der Waals surface area contributed by atoms with Gasteiger partial charge >= 0.3 is 5.97 Å². The molecule has 6 nitrogen and oxygen atoms in total. The summed E-state index contributed by atoms with van der Waals surface area (Å²) in [4.78, 5) is 19.0. The van der Waals surface area contributed by atoms with Gasteiger partial charge in [-0.3, -0.25) is 0 Å². The Morgan fingerprint density at radius 3 is 2.69 bits per heavy atom. The van der Waals surface area contributed by atoms with Crippen molar-refractivity contribution in [3.63, 3.8) is 0 Å². The number of rotatable bonds is 4. The van der Waals surface area contributed by atoms with Crippen molar-refractivity contribution >= 4 is 42.5 Å². The van der Waals surface area contributed by atoms with Gasteiger partial charge in [0, 0.05) is 6.26 Å². The largest absolute Gasteiger partial charge is 0.455 e. The topological polar surface area (TPSA) is 76.6 Å². The number of nitrogens with zero attached hydrogens (tertiary/aromatic N) is 2. The zero-order chi connectivity index (χ0) is 18.3. The van der Waals surface area contributed by atoms with Gasteiger partial charge in [0.15, 0.2) is 15.0 Å². The first-order valence-corrected chi connectivity index (χ1v) is 10.7. The number of fused-ring (bicyclic) bond motifs is 1. The molecule has 2 heterocycles. The number of hydrogen-bond donors (Lipinski definition) is 0. The molecule has 0 aliphatic carbocycles. The minimum atomic E-state index is -3.36. The Bertz CT molecular complexity index is 1050. The van der Waals surface area contributed by atoms with E-state index in [-0.39, 0.29) is 16.6 Å². The van der Waals surface area contributed by atoms with Crippen LogP contribution in [0.25, 0.3) is 10.2 Å². The van der Waals surface area contributed by atoms with Crippen LogP contribution in [-0.2, 0) is 14.6 Å². The molecular weight excluding hydrogens is 372 g/mol. The van der Waals surface area contributed by atoms with Crippen LogP contribution in [0.2, 0.25) is 0 Å². The summed E-state index contributed by atoms with van der Waals surface area (Å²) in [5.74, 6) is -0.510. The predicted molar refractivity (Wildman–Crippen MR) is 101 cm³/mol. The number of carbonyl (C=O) groups excluding carboxylic acids is 1. The second kappa shape index (κ2) is 6.37. The van der Waals surface area contributed by atoms with E-state index in [2.05, 4.69) is 9.88 Å². The fraction of sp³-hybridized carbons (Fsp3) is 0.222. The molecule has 0 saturated carbocycles. The van der Waals surface area contributed by atoms with Crippen LogP contribution in [0.3, 0.4) is 0 Å². The molecule has 8 heteroatoms. The SMILES string of the molecule is CS(=O)(=O)c1cccc(C(=O)OC2CN(c3nc4ccccc4s3)C2)c1. The summed E-state index contributed by atoms with van der Waals surface area (Å²) >= 11 is 1.61. The molecule has 0 unspecified atom stereocenters. The monoisotopic (exact) mass is 388 g/mol. The lowest BCUT2D eigenvalue weighted by Crippen LogP contribution is -2.53. The molecule has 1 aliphatic rings. The second-order valence-corrected chi connectivity index (χ2v) is 9.22. The molecule has 4 rings (SSSR count). The summed E-state index contributed by atoms with van der Waals surface area (Å²) in [5, 5.41) is 0.914. The molecule has 3 aromatic rings. The number of anilines is 1. The van der Waals surface area contributed by atoms with Crippen molar-refractivity contribution < 1.29 is 17.9 Å². The van der Waals surface area contributed by atoms with E-state index in [9.17, 15) is 13.2 Å². The zero-order valence-corrected chi connectivity index (χ0v) is 15.6. The quantitative estimate of drug-likeness (QED) is 0.640. The zero-order valence-electron chi connectivity index (χ0n) is 14.0. The van der Waals surface area contributed by atoms with E-state index < -0.39 is 15.8 Å². The van der Waals surface area contributed by atoms with Gasteiger partial charge in [-0.25, -0.2) is 18.2 Å². The third kappa shape index (κ3) is 3.30. The number of aromatic nitrogens is 1. The third-order valence-corrected chi connectivity index (χ3v) is 6.38. The summed E-state index contributed by atoms with van der Waals surface area (Å²) in [6.45, 7) is 1.16. The van der Waals surface area contributed by atoms with E-state index in [1.54, 1.807) is 23.5 Å². The fourth-order valence-electron chi connectivity index (χ4n) is 2.74. The lowest BCUT2D eigenvalue weighted by Gasteiger charge is -2.38. The fourth-order valence-corrected chi connectivity index (χ4v) is 4.39. The average molecular weight is 388 g/mol. The van der Waals surface area contributed by atoms with E-state index in [1.165, 1.54) is 12.1 Å². The van der Waals surface area contributed by atoms with Crippen molar-refractivity contribution in [3.05, 3.63) is 54.1 Å². The molecular formula is C18H16N2O4S2. The number of esters is 1. The number of thiazole rings is 1. The molecule has 1 fully saturated rings. The van der Waals surface area contributed by atoms with Crippen LogP contribution in [0.5, 0.6) is 0 Å². The predicted octanol–water partition coefficient (Wildman–Crippen LogP) is 2.75. The standard InChI is InChI=1S/C18H16N2O4S2/c1-26(22,23)14-6-4-5-12(9-14)17(21)24-13-10-20(11-13)18-19-15-7-2-3-8-16(15)25-18/h2-9,13H,10-11H2,1H3. The Kier molecular flexibility index (Phi) is 4.16. The third-order valence-electron chi connectivity index (χ3n) is 4.17. The first kappa shape index (κ1) is 17.0. The Morgan fingerprint density at radius 2 is 1.96 bits per heavy atom. The van der Waals surface area contributed by atoms with Crippen molar-refractivity contribution in [2.75, 3.05) is 24.2 Å². The summed E-state index contributed by atoms with van der Waals surface area (Å²) in [6.07, 6.45) is 0.885. The van der Waals surface area contributed by atoms with E-state index in [0.717, 1.165) is 21.6 Å². The molecule has 0 N–H and O–H groups in total. The Balaban J connectivity index is 1.40. The van der Waals surface area contributed by atoms with Gasteiger partial charge in [0.1, 0.15) is 6.10 Å². The van der Waals surface area contributed by atoms with Gasteiger partial charge < -0.3 is 9.64 Å². The number of hydrogen-bond acceptors (Lipinski definition) is 7. The molecule has 26 heavy (non-hydrogen) atoms. The van der Waals surface area contributed by atoms with Gasteiger partial charge in [0.25, 0.3) is 0 Å². The first-order valence-electron chi connectivity index (χ1n) is 8.02. The van der Waals surface area contributed by atoms with Crippen molar-refractivity contribution in [3.8, 4) is 0 Å². The molecule has 1 aliphatic heterocycles. The first-order chi connectivity index (χ1) is 12.4. The van der Waals surface area contributed by atoms with Crippen LogP contribution in [0.1, 0.15) is 10.4 Å². The summed E-state index contributed by atoms with van der Waals surface area (Å²) in [7, 11) is -3.36. The molecule has 1 saturated heterocycles. The number of benzene rings is 2. The molecule has 0 bridgehead atoms. The highest BCUT2D eigenvalue weighted by atomic mass is 32.2. The second-order valence-electron chi connectivity index (χ2n) is 6.20. The van der Waals surface area contributed by atoms with E-state index in [1.807, 2.05) is 24.3 Å². The van der Waals surface area contributed by atoms with Crippen LogP contribution < -0.4 is 4.90 Å². The maximum absolute atomic E-state index is 12.3. The molecule has 2 aromatic carbocycles. The molecule has 0 radical (unpaired) electrons. The van der Waals surface area contributed by atoms with Gasteiger partial charge in [-0.2, -0.15) is 0 Å². The van der Waals surface area contributed by atoms with Crippen LogP contribution in [0.15, 0.2) is 53.4 Å². The smallest absolute Gasteiger partial charge is 0.338 e. The molecule has 0 atom stereocenters. The minimum Gasteiger partial charge on any atom is -0.455 e. The lowest BCUT2D eigenvalue weighted by molar-refractivity contribution is 0.0234. The Morgan fingerprint density at radius 1 is 1.19 bits per heavy atom. The lowest BCUT2D eigenvalue weighted by atomic mass is 10.2. The van der Waals surface area contributed by atoms with Crippen molar-refractivity contribution in [1.29, 1.82) is 0 Å². The van der Waals surface area contributed by atoms with Crippen molar-refractivity contribution in [1.82, 2.24) is 4.98 Å². The maximum Gasteiger partial charge on any atom is 0.338 e. The van der Waals surface area contributed by atoms with Crippen LogP contribution in [0.4, 0.5) is 5.13 Å². The number of ether oxygens (including phenoxy) is 1. The summed E-state index contributed by atoms with van der Waals surface area (Å²) in [5.41, 5.74) is 1.21. The summed E-state index contributed by atoms with van der Waals surface area (Å²) in [6, 6.07) is 13.9. The normalized spacial score (nSPS) is 15.0. The van der Waals surface area contributed by atoms with Crippen LogP contribution in [0, 0.1) is 0 Å². The van der Waals surface area contributed by atoms with E-state index in [0.29, 0.717) is 13.1 Å². The van der Waals surface area contributed by atoms with Crippen molar-refractivity contribution in [2.24, 2.45) is 0 Å². The summed E-state index contributed by atoms with van der Waals surface area (Å²) < 4.78 is 29.8. The Hall–Kier alpha value is -2.45. The van der Waals surface area contributed by atoms with Crippen molar-refractivity contribution in [2.45, 2.75) is 11.0 Å². The molecule has 0 spiro atoms. The van der Waals surface area contributed by atoms with Gasteiger partial charge in [0.05, 0.1) is 33.8 Å². The molecule has 0 amide bonds. The molecule has 134 valence electrons. The van der Waals surface area contributed by atoms with Crippen LogP contribution in [-0.4, -0.2) is 44.8 Å². The number of carbonyl (C=O) groups is 1. The average Bonchev–Trinajstić information content (AvgIpc) is 3.00. The highest BCUT2D eigenvalue weighted by molar-refractivity contribution is 7.90. The number of sulfone groups is 1. The minimum absolute atomic E-state index is 0.108. The number of para-hydroxylation sites is 1. The van der Waals surface area contributed by atoms with E-state index >= 15 is 0 Å². The van der Waals surface area contributed by atoms with Gasteiger partial charge in [-0.15, -0.1) is 0 Å². The Labute approximate surface area is 155 Å². The highest BCUT2D eigenvalue weighted by Crippen LogP contribution is 2.31. The highest BCUT2D eigenvalue weighted by Gasteiger charge is 2.32. The molecule has 1 aromatic heterocycles. The van der Waals surface area contributed by atoms with Gasteiger partial charge in [-0.05, 0) is 30.3 Å². The van der Waals surface area contributed by atoms with Gasteiger partial charge in [0.2, 0.25) is 0 Å².